The Balaban J connectivity index is 2.29. The topological polar surface area (TPSA) is 12.0 Å². The summed E-state index contributed by atoms with van der Waals surface area (Å²) >= 11 is 0. The van der Waals surface area contributed by atoms with Gasteiger partial charge in [0.2, 0.25) is 0 Å². The zero-order valence-electron chi connectivity index (χ0n) is 10.7. The van der Waals surface area contributed by atoms with Gasteiger partial charge in [-0.3, -0.25) is 0 Å². The average molecular weight is 217 g/mol. The minimum atomic E-state index is 0.481. The van der Waals surface area contributed by atoms with Crippen molar-refractivity contribution >= 4 is 0 Å². The molecule has 1 aromatic carbocycles. The second kappa shape index (κ2) is 4.58. The SMILES string of the molecule is CCC1(CC)CNC[C@H]1c1ccc(C)cc1. The van der Waals surface area contributed by atoms with Crippen LogP contribution in [0.25, 0.3) is 0 Å². The first-order valence-corrected chi connectivity index (χ1v) is 6.49. The summed E-state index contributed by atoms with van der Waals surface area (Å²) in [6, 6.07) is 9.10. The predicted octanol–water partition coefficient (Wildman–Crippen LogP) is 3.49. The summed E-state index contributed by atoms with van der Waals surface area (Å²) in [7, 11) is 0. The summed E-state index contributed by atoms with van der Waals surface area (Å²) in [6.07, 6.45) is 2.55. The zero-order valence-corrected chi connectivity index (χ0v) is 10.7. The summed E-state index contributed by atoms with van der Waals surface area (Å²) in [5, 5.41) is 3.58. The molecule has 0 spiro atoms. The maximum Gasteiger partial charge on any atom is 0.00318 e. The molecule has 0 unspecified atom stereocenters. The highest BCUT2D eigenvalue weighted by Gasteiger charge is 2.40. The third-order valence-electron chi connectivity index (χ3n) is 4.45. The van der Waals surface area contributed by atoms with Gasteiger partial charge in [-0.05, 0) is 30.7 Å². The Kier molecular flexibility index (Phi) is 3.34. The summed E-state index contributed by atoms with van der Waals surface area (Å²) in [6.45, 7) is 9.14. The summed E-state index contributed by atoms with van der Waals surface area (Å²) < 4.78 is 0. The molecule has 1 fully saturated rings. The van der Waals surface area contributed by atoms with Crippen LogP contribution in [0.1, 0.15) is 43.7 Å². The van der Waals surface area contributed by atoms with E-state index in [1.54, 1.807) is 0 Å². The number of rotatable bonds is 3. The lowest BCUT2D eigenvalue weighted by Crippen LogP contribution is -2.27. The first-order chi connectivity index (χ1) is 7.72. The van der Waals surface area contributed by atoms with Crippen molar-refractivity contribution in [3.8, 4) is 0 Å². The molecule has 16 heavy (non-hydrogen) atoms. The van der Waals surface area contributed by atoms with Gasteiger partial charge in [-0.2, -0.15) is 0 Å². The Bertz CT molecular complexity index is 335. The molecule has 1 aromatic rings. The van der Waals surface area contributed by atoms with Crippen molar-refractivity contribution in [1.82, 2.24) is 5.32 Å². The highest BCUT2D eigenvalue weighted by molar-refractivity contribution is 5.28. The smallest absolute Gasteiger partial charge is 0.00318 e. The Morgan fingerprint density at radius 3 is 2.38 bits per heavy atom. The van der Waals surface area contributed by atoms with E-state index < -0.39 is 0 Å². The van der Waals surface area contributed by atoms with E-state index in [4.69, 9.17) is 0 Å². The molecular weight excluding hydrogens is 194 g/mol. The third kappa shape index (κ3) is 1.89. The standard InChI is InChI=1S/C15H23N/c1-4-15(5-2)11-16-10-14(15)13-8-6-12(3)7-9-13/h6-9,14,16H,4-5,10-11H2,1-3H3/t14-/m0/s1. The fourth-order valence-electron chi connectivity index (χ4n) is 3.07. The molecule has 1 nitrogen and oxygen atoms in total. The van der Waals surface area contributed by atoms with Crippen molar-refractivity contribution in [2.24, 2.45) is 5.41 Å². The fraction of sp³-hybridized carbons (Fsp3) is 0.600. The number of hydrogen-bond acceptors (Lipinski definition) is 1. The number of nitrogens with one attached hydrogen (secondary N) is 1. The van der Waals surface area contributed by atoms with Crippen molar-refractivity contribution in [3.63, 3.8) is 0 Å². The van der Waals surface area contributed by atoms with E-state index in [-0.39, 0.29) is 0 Å². The molecule has 2 rings (SSSR count). The van der Waals surface area contributed by atoms with Gasteiger partial charge in [0.15, 0.2) is 0 Å². The van der Waals surface area contributed by atoms with Crippen LogP contribution in [0.15, 0.2) is 24.3 Å². The molecule has 1 heterocycles. The van der Waals surface area contributed by atoms with Crippen molar-refractivity contribution in [2.45, 2.75) is 39.5 Å². The van der Waals surface area contributed by atoms with Crippen LogP contribution in [0.2, 0.25) is 0 Å². The summed E-state index contributed by atoms with van der Waals surface area (Å²) in [5.74, 6) is 0.697. The normalized spacial score (nSPS) is 23.6. The van der Waals surface area contributed by atoms with Gasteiger partial charge in [0.25, 0.3) is 0 Å². The van der Waals surface area contributed by atoms with Crippen molar-refractivity contribution in [1.29, 1.82) is 0 Å². The van der Waals surface area contributed by atoms with Gasteiger partial charge in [-0.15, -0.1) is 0 Å². The maximum absolute atomic E-state index is 3.58. The van der Waals surface area contributed by atoms with Gasteiger partial charge in [0.05, 0.1) is 0 Å². The summed E-state index contributed by atoms with van der Waals surface area (Å²) in [4.78, 5) is 0. The van der Waals surface area contributed by atoms with Crippen molar-refractivity contribution < 1.29 is 0 Å². The third-order valence-corrected chi connectivity index (χ3v) is 4.45. The van der Waals surface area contributed by atoms with Crippen LogP contribution in [-0.4, -0.2) is 13.1 Å². The molecule has 1 aliphatic heterocycles. The Hall–Kier alpha value is -0.820. The minimum absolute atomic E-state index is 0.481. The van der Waals surface area contributed by atoms with Crippen LogP contribution in [0.4, 0.5) is 0 Å². The van der Waals surface area contributed by atoms with Crippen LogP contribution in [0, 0.1) is 12.3 Å². The quantitative estimate of drug-likeness (QED) is 0.817. The molecule has 1 aliphatic rings. The van der Waals surface area contributed by atoms with Gasteiger partial charge >= 0.3 is 0 Å². The second-order valence-corrected chi connectivity index (χ2v) is 5.16. The second-order valence-electron chi connectivity index (χ2n) is 5.16. The molecule has 0 aromatic heterocycles. The van der Waals surface area contributed by atoms with Crippen LogP contribution < -0.4 is 5.32 Å². The van der Waals surface area contributed by atoms with E-state index in [2.05, 4.69) is 50.4 Å². The van der Waals surface area contributed by atoms with Gasteiger partial charge < -0.3 is 5.32 Å². The molecule has 0 aliphatic carbocycles. The monoisotopic (exact) mass is 217 g/mol. The molecule has 1 N–H and O–H groups in total. The molecule has 1 atom stereocenters. The molecule has 0 saturated carbocycles. The van der Waals surface area contributed by atoms with E-state index in [1.165, 1.54) is 30.5 Å². The van der Waals surface area contributed by atoms with Crippen LogP contribution in [0.3, 0.4) is 0 Å². The molecule has 0 amide bonds. The summed E-state index contributed by atoms with van der Waals surface area (Å²) in [5.41, 5.74) is 3.35. The molecular formula is C15H23N. The van der Waals surface area contributed by atoms with Crippen LogP contribution in [0.5, 0.6) is 0 Å². The van der Waals surface area contributed by atoms with E-state index >= 15 is 0 Å². The largest absolute Gasteiger partial charge is 0.316 e. The van der Waals surface area contributed by atoms with Gasteiger partial charge in [-0.1, -0.05) is 43.7 Å². The zero-order chi connectivity index (χ0) is 11.6. The van der Waals surface area contributed by atoms with E-state index in [1.807, 2.05) is 0 Å². The maximum atomic E-state index is 3.58. The Morgan fingerprint density at radius 1 is 1.19 bits per heavy atom. The molecule has 0 radical (unpaired) electrons. The van der Waals surface area contributed by atoms with Crippen LogP contribution in [-0.2, 0) is 0 Å². The number of hydrogen-bond donors (Lipinski definition) is 1. The number of benzene rings is 1. The lowest BCUT2D eigenvalue weighted by Gasteiger charge is -2.33. The van der Waals surface area contributed by atoms with E-state index in [9.17, 15) is 0 Å². The van der Waals surface area contributed by atoms with Crippen molar-refractivity contribution in [2.75, 3.05) is 13.1 Å². The van der Waals surface area contributed by atoms with E-state index in [0.29, 0.717) is 11.3 Å². The fourth-order valence-corrected chi connectivity index (χ4v) is 3.07. The highest BCUT2D eigenvalue weighted by atomic mass is 14.9. The van der Waals surface area contributed by atoms with E-state index in [0.717, 1.165) is 6.54 Å². The van der Waals surface area contributed by atoms with Crippen LogP contribution >= 0.6 is 0 Å². The lowest BCUT2D eigenvalue weighted by molar-refractivity contribution is 0.260. The molecule has 1 heteroatoms. The average Bonchev–Trinajstić information content (AvgIpc) is 2.74. The lowest BCUT2D eigenvalue weighted by atomic mass is 9.71. The molecule has 0 bridgehead atoms. The predicted molar refractivity (Wildman–Crippen MR) is 69.8 cm³/mol. The number of aryl methyl sites for hydroxylation is 1. The molecule has 1 saturated heterocycles. The minimum Gasteiger partial charge on any atom is -0.316 e. The van der Waals surface area contributed by atoms with Gasteiger partial charge in [0, 0.05) is 19.0 Å². The Labute approximate surface area is 99.3 Å². The van der Waals surface area contributed by atoms with Gasteiger partial charge in [-0.25, -0.2) is 0 Å². The first-order valence-electron chi connectivity index (χ1n) is 6.49. The first kappa shape index (κ1) is 11.7. The Morgan fingerprint density at radius 2 is 1.81 bits per heavy atom. The molecule has 88 valence electrons. The van der Waals surface area contributed by atoms with Crippen molar-refractivity contribution in [3.05, 3.63) is 35.4 Å². The van der Waals surface area contributed by atoms with Gasteiger partial charge in [0.1, 0.15) is 0 Å². The highest BCUT2D eigenvalue weighted by Crippen LogP contribution is 2.44.